The number of carbonyl (C=O) groups is 1. The maximum absolute atomic E-state index is 12.6. The molecule has 0 radical (unpaired) electrons. The topological polar surface area (TPSA) is 78.2 Å². The molecule has 1 aromatic heterocycles. The molecule has 1 saturated heterocycles. The minimum atomic E-state index is -0.291. The summed E-state index contributed by atoms with van der Waals surface area (Å²) in [5.41, 5.74) is 1.50. The fraction of sp³-hybridized carbons (Fsp3) is 0.467. The first-order chi connectivity index (χ1) is 10.2. The number of hydrogen-bond donors (Lipinski definition) is 2. The van der Waals surface area contributed by atoms with E-state index in [4.69, 9.17) is 4.74 Å². The molecule has 0 spiro atoms. The van der Waals surface area contributed by atoms with Crippen molar-refractivity contribution >= 4 is 16.9 Å². The van der Waals surface area contributed by atoms with Crippen LogP contribution in [0, 0.1) is 5.92 Å². The second-order valence-electron chi connectivity index (χ2n) is 5.37. The Morgan fingerprint density at radius 3 is 3.10 bits per heavy atom. The van der Waals surface area contributed by atoms with E-state index in [2.05, 4.69) is 9.97 Å². The van der Waals surface area contributed by atoms with Crippen LogP contribution in [0.25, 0.3) is 11.0 Å². The molecule has 112 valence electrons. The predicted octanol–water partition coefficient (Wildman–Crippen LogP) is 1.35. The monoisotopic (exact) mass is 289 g/mol. The van der Waals surface area contributed by atoms with Crippen molar-refractivity contribution in [3.8, 4) is 0 Å². The Balaban J connectivity index is 1.80. The van der Waals surface area contributed by atoms with Gasteiger partial charge in [0.2, 0.25) is 0 Å². The van der Waals surface area contributed by atoms with E-state index >= 15 is 0 Å². The minimum Gasteiger partial charge on any atom is -0.381 e. The van der Waals surface area contributed by atoms with E-state index in [9.17, 15) is 9.59 Å². The summed E-state index contributed by atoms with van der Waals surface area (Å²) >= 11 is 0. The molecule has 1 atom stereocenters. The second-order valence-corrected chi connectivity index (χ2v) is 5.37. The van der Waals surface area contributed by atoms with Gasteiger partial charge in [0.15, 0.2) is 0 Å². The smallest absolute Gasteiger partial charge is 0.323 e. The van der Waals surface area contributed by atoms with E-state index < -0.39 is 0 Å². The van der Waals surface area contributed by atoms with Crippen molar-refractivity contribution in [1.82, 2.24) is 14.9 Å². The standard InChI is InChI=1S/C15H19N3O3/c1-2-21-9-10-6-7-18(8-10)14(19)11-4-3-5-12-13(11)17-15(20)16-12/h3-5,10H,2,6-9H2,1H3,(H2,16,17,20). The van der Waals surface area contributed by atoms with Gasteiger partial charge in [-0.3, -0.25) is 4.79 Å². The summed E-state index contributed by atoms with van der Waals surface area (Å²) in [7, 11) is 0. The van der Waals surface area contributed by atoms with Crippen molar-refractivity contribution in [3.63, 3.8) is 0 Å². The van der Waals surface area contributed by atoms with E-state index in [-0.39, 0.29) is 11.6 Å². The van der Waals surface area contributed by atoms with Crippen LogP contribution in [0.1, 0.15) is 23.7 Å². The zero-order valence-corrected chi connectivity index (χ0v) is 12.0. The Morgan fingerprint density at radius 1 is 1.43 bits per heavy atom. The molecule has 21 heavy (non-hydrogen) atoms. The number of carbonyl (C=O) groups excluding carboxylic acids is 1. The van der Waals surface area contributed by atoms with Gasteiger partial charge in [-0.1, -0.05) is 6.07 Å². The Labute approximate surface area is 122 Å². The number of aromatic amines is 2. The average Bonchev–Trinajstić information content (AvgIpc) is 3.09. The quantitative estimate of drug-likeness (QED) is 0.892. The number of para-hydroxylation sites is 1. The molecule has 1 aliphatic rings. The highest BCUT2D eigenvalue weighted by Crippen LogP contribution is 2.21. The van der Waals surface area contributed by atoms with Gasteiger partial charge < -0.3 is 19.6 Å². The average molecular weight is 289 g/mol. The van der Waals surface area contributed by atoms with Crippen LogP contribution in [-0.4, -0.2) is 47.1 Å². The molecular weight excluding hydrogens is 270 g/mol. The maximum atomic E-state index is 12.6. The van der Waals surface area contributed by atoms with E-state index in [1.54, 1.807) is 18.2 Å². The zero-order chi connectivity index (χ0) is 14.8. The number of fused-ring (bicyclic) bond motifs is 1. The summed E-state index contributed by atoms with van der Waals surface area (Å²) < 4.78 is 5.43. The summed E-state index contributed by atoms with van der Waals surface area (Å²) in [6.45, 7) is 4.83. The van der Waals surface area contributed by atoms with Gasteiger partial charge in [0.25, 0.3) is 5.91 Å². The van der Waals surface area contributed by atoms with Gasteiger partial charge in [0, 0.05) is 25.6 Å². The molecule has 2 N–H and O–H groups in total. The van der Waals surface area contributed by atoms with Crippen LogP contribution in [0.3, 0.4) is 0 Å². The Bertz CT molecular complexity index is 703. The van der Waals surface area contributed by atoms with Gasteiger partial charge in [-0.25, -0.2) is 4.79 Å². The predicted molar refractivity (Wildman–Crippen MR) is 79.4 cm³/mol. The van der Waals surface area contributed by atoms with Crippen molar-refractivity contribution in [2.24, 2.45) is 5.92 Å². The first-order valence-electron chi connectivity index (χ1n) is 7.27. The zero-order valence-electron chi connectivity index (χ0n) is 12.0. The lowest BCUT2D eigenvalue weighted by molar-refractivity contribution is 0.0764. The Hall–Kier alpha value is -2.08. The molecule has 1 fully saturated rings. The highest BCUT2D eigenvalue weighted by atomic mass is 16.5. The van der Waals surface area contributed by atoms with E-state index in [1.165, 1.54) is 0 Å². The van der Waals surface area contributed by atoms with Gasteiger partial charge in [0.05, 0.1) is 23.2 Å². The molecule has 6 nitrogen and oxygen atoms in total. The van der Waals surface area contributed by atoms with Crippen LogP contribution in [0.15, 0.2) is 23.0 Å². The number of ether oxygens (including phenoxy) is 1. The summed E-state index contributed by atoms with van der Waals surface area (Å²) in [6.07, 6.45) is 0.964. The largest absolute Gasteiger partial charge is 0.381 e. The van der Waals surface area contributed by atoms with Gasteiger partial charge in [-0.2, -0.15) is 0 Å². The van der Waals surface area contributed by atoms with E-state index in [1.807, 2.05) is 11.8 Å². The number of H-pyrrole nitrogens is 2. The SMILES string of the molecule is CCOCC1CCN(C(=O)c2cccc3[nH]c(=O)[nH]c23)C1. The van der Waals surface area contributed by atoms with Crippen LogP contribution in [0.4, 0.5) is 0 Å². The highest BCUT2D eigenvalue weighted by Gasteiger charge is 2.28. The normalized spacial score (nSPS) is 18.5. The number of rotatable bonds is 4. The number of amides is 1. The van der Waals surface area contributed by atoms with Crippen molar-refractivity contribution in [3.05, 3.63) is 34.2 Å². The lowest BCUT2D eigenvalue weighted by Crippen LogP contribution is -2.29. The number of hydrogen-bond acceptors (Lipinski definition) is 3. The van der Waals surface area contributed by atoms with Crippen molar-refractivity contribution in [1.29, 1.82) is 0 Å². The van der Waals surface area contributed by atoms with Gasteiger partial charge in [0.1, 0.15) is 0 Å². The molecule has 0 bridgehead atoms. The number of aromatic nitrogens is 2. The molecular formula is C15H19N3O3. The molecule has 6 heteroatoms. The third-order valence-corrected chi connectivity index (χ3v) is 3.91. The number of imidazole rings is 1. The number of benzene rings is 1. The lowest BCUT2D eigenvalue weighted by atomic mass is 10.1. The fourth-order valence-corrected chi connectivity index (χ4v) is 2.84. The molecule has 1 unspecified atom stereocenters. The van der Waals surface area contributed by atoms with Crippen LogP contribution in [0.5, 0.6) is 0 Å². The minimum absolute atomic E-state index is 0.0325. The molecule has 2 heterocycles. The lowest BCUT2D eigenvalue weighted by Gasteiger charge is -2.17. The fourth-order valence-electron chi connectivity index (χ4n) is 2.84. The van der Waals surface area contributed by atoms with Crippen molar-refractivity contribution in [2.75, 3.05) is 26.3 Å². The molecule has 2 aromatic rings. The summed E-state index contributed by atoms with van der Waals surface area (Å²) in [5.74, 6) is 0.369. The van der Waals surface area contributed by atoms with Crippen LogP contribution < -0.4 is 5.69 Å². The van der Waals surface area contributed by atoms with Gasteiger partial charge in [-0.05, 0) is 25.5 Å². The van der Waals surface area contributed by atoms with E-state index in [0.29, 0.717) is 42.3 Å². The van der Waals surface area contributed by atoms with Crippen molar-refractivity contribution in [2.45, 2.75) is 13.3 Å². The molecule has 1 aliphatic heterocycles. The number of nitrogens with zero attached hydrogens (tertiary/aromatic N) is 1. The Morgan fingerprint density at radius 2 is 2.29 bits per heavy atom. The Kier molecular flexibility index (Phi) is 3.79. The van der Waals surface area contributed by atoms with Gasteiger partial charge >= 0.3 is 5.69 Å². The molecule has 0 saturated carbocycles. The van der Waals surface area contributed by atoms with Crippen LogP contribution in [-0.2, 0) is 4.74 Å². The third-order valence-electron chi connectivity index (χ3n) is 3.91. The molecule has 1 aromatic carbocycles. The molecule has 1 amide bonds. The first-order valence-corrected chi connectivity index (χ1v) is 7.27. The number of likely N-dealkylation sites (tertiary alicyclic amines) is 1. The van der Waals surface area contributed by atoms with Crippen LogP contribution >= 0.6 is 0 Å². The van der Waals surface area contributed by atoms with E-state index in [0.717, 1.165) is 13.0 Å². The number of nitrogens with one attached hydrogen (secondary N) is 2. The third kappa shape index (κ3) is 2.71. The molecule has 0 aliphatic carbocycles. The summed E-state index contributed by atoms with van der Waals surface area (Å²) in [4.78, 5) is 31.3. The first kappa shape index (κ1) is 13.9. The second kappa shape index (κ2) is 5.73. The van der Waals surface area contributed by atoms with Crippen LogP contribution in [0.2, 0.25) is 0 Å². The van der Waals surface area contributed by atoms with Gasteiger partial charge in [-0.15, -0.1) is 0 Å². The highest BCUT2D eigenvalue weighted by molar-refractivity contribution is 6.04. The maximum Gasteiger partial charge on any atom is 0.323 e. The summed E-state index contributed by atoms with van der Waals surface area (Å²) in [5, 5.41) is 0. The summed E-state index contributed by atoms with van der Waals surface area (Å²) in [6, 6.07) is 5.32. The molecule has 3 rings (SSSR count). The van der Waals surface area contributed by atoms with Crippen molar-refractivity contribution < 1.29 is 9.53 Å².